The van der Waals surface area contributed by atoms with E-state index in [1.165, 1.54) is 22.3 Å². The number of aromatic nitrogens is 2. The van der Waals surface area contributed by atoms with Crippen LogP contribution in [-0.2, 0) is 41.5 Å². The van der Waals surface area contributed by atoms with Crippen LogP contribution in [0.5, 0.6) is 0 Å². The molecule has 0 saturated carbocycles. The second-order valence-corrected chi connectivity index (χ2v) is 19.5. The van der Waals surface area contributed by atoms with Crippen LogP contribution >= 0.6 is 11.8 Å². The maximum atomic E-state index is 14.5. The number of pyridine rings is 1. The number of benzene rings is 1. The highest BCUT2D eigenvalue weighted by Crippen LogP contribution is 2.44. The van der Waals surface area contributed by atoms with Crippen LogP contribution in [0.25, 0.3) is 22.2 Å². The Balaban J connectivity index is 1.40. The number of nitrogens with zero attached hydrogens (tertiary/aromatic N) is 4. The zero-order valence-corrected chi connectivity index (χ0v) is 38.2. The van der Waals surface area contributed by atoms with Gasteiger partial charge in [-0.2, -0.15) is 0 Å². The molecule has 61 heavy (non-hydrogen) atoms. The zero-order valence-electron chi connectivity index (χ0n) is 37.4. The lowest BCUT2D eigenvalue weighted by atomic mass is 9.83. The summed E-state index contributed by atoms with van der Waals surface area (Å²) in [5, 5.41) is 9.48. The van der Waals surface area contributed by atoms with E-state index in [0.29, 0.717) is 42.5 Å². The Kier molecular flexibility index (Phi) is 13.8. The molecule has 1 unspecified atom stereocenters. The highest BCUT2D eigenvalue weighted by Gasteiger charge is 2.43. The standard InChI is InChI=1S/C46H65N7O7S/c1-10-52-36-15-14-29-21-31(36)33(39(52)32-22-30(28-16-18-47-19-17-28)24-48-37(32)27(3)57-9)23-46(7,8)26-59-43(55)34-13-12-20-53(51-34)42(54)38(50-44(56)60-45(4,5)6)40(58-11-2)41-49-35(29)25-61-41/h14-15,21-22,24,27-28,34-35,38,40,47,51H,10-13,16-20,23,25-26H2,1-9H3,(H,50,56)/t27-,34-,35?,38-,40-/m0/s1. The van der Waals surface area contributed by atoms with E-state index in [9.17, 15) is 14.4 Å². The fourth-order valence-corrected chi connectivity index (χ4v) is 10.2. The number of aliphatic imine (C=N–C) groups is 1. The molecule has 0 radical (unpaired) electrons. The Bertz CT molecular complexity index is 2120. The number of carbonyl (C=O) groups is 3. The number of aryl methyl sites for hydroxylation is 1. The summed E-state index contributed by atoms with van der Waals surface area (Å²) in [5.41, 5.74) is 9.44. The number of thioether (sulfide) groups is 1. The Morgan fingerprint density at radius 1 is 1.11 bits per heavy atom. The van der Waals surface area contributed by atoms with Crippen LogP contribution in [0.2, 0.25) is 0 Å². The molecular formula is C46H65N7O7S. The average molecular weight is 860 g/mol. The number of esters is 1. The number of hydrogen-bond donors (Lipinski definition) is 3. The van der Waals surface area contributed by atoms with Crippen LogP contribution in [0, 0.1) is 5.41 Å². The predicted octanol–water partition coefficient (Wildman–Crippen LogP) is 7.00. The van der Waals surface area contributed by atoms with Gasteiger partial charge in [0, 0.05) is 60.6 Å². The second kappa shape index (κ2) is 18.8. The van der Waals surface area contributed by atoms with Crippen molar-refractivity contribution in [1.82, 2.24) is 30.6 Å². The van der Waals surface area contributed by atoms with Gasteiger partial charge in [0.25, 0.3) is 5.91 Å². The molecule has 5 atom stereocenters. The summed E-state index contributed by atoms with van der Waals surface area (Å²) >= 11 is 1.53. The first kappa shape index (κ1) is 45.0. The van der Waals surface area contributed by atoms with E-state index in [4.69, 9.17) is 28.9 Å². The normalized spacial score (nSPS) is 24.5. The lowest BCUT2D eigenvalue weighted by Gasteiger charge is -2.37. The summed E-state index contributed by atoms with van der Waals surface area (Å²) in [6.07, 6.45) is 3.92. The SMILES string of the molecule is CCO[C@@H]1C2=NC(CS2)c2ccc3c(c2)c(c(-c2cc(C4CCNCC4)cnc2[C@H](C)OC)n3CC)CC(C)(C)COC(=O)[C@@H]2CCCN(N2)C(=O)[C@H]1NC(=O)OC(C)(C)C. The van der Waals surface area contributed by atoms with Gasteiger partial charge >= 0.3 is 12.1 Å². The van der Waals surface area contributed by atoms with Gasteiger partial charge in [-0.1, -0.05) is 19.9 Å². The molecule has 2 aromatic heterocycles. The molecule has 2 fully saturated rings. The third kappa shape index (κ3) is 9.96. The number of piperidine rings is 1. The molecule has 2 amide bonds. The minimum atomic E-state index is -1.19. The van der Waals surface area contributed by atoms with E-state index in [-0.39, 0.29) is 25.4 Å². The monoisotopic (exact) mass is 859 g/mol. The number of methoxy groups -OCH3 is 1. The van der Waals surface area contributed by atoms with Crippen molar-refractivity contribution < 1.29 is 33.3 Å². The topological polar surface area (TPSA) is 158 Å². The molecular weight excluding hydrogens is 795 g/mol. The van der Waals surface area contributed by atoms with E-state index in [1.54, 1.807) is 27.9 Å². The van der Waals surface area contributed by atoms with E-state index < -0.39 is 47.2 Å². The molecule has 7 rings (SSSR count). The number of hydrazine groups is 1. The van der Waals surface area contributed by atoms with Gasteiger partial charge in [0.2, 0.25) is 0 Å². The number of hydrogen-bond acceptors (Lipinski definition) is 12. The van der Waals surface area contributed by atoms with Crippen LogP contribution in [-0.4, -0.2) is 107 Å². The first-order chi connectivity index (χ1) is 29.1. The summed E-state index contributed by atoms with van der Waals surface area (Å²) in [7, 11) is 1.73. The van der Waals surface area contributed by atoms with Crippen molar-refractivity contribution in [3.63, 3.8) is 0 Å². The van der Waals surface area contributed by atoms with Gasteiger partial charge in [-0.3, -0.25) is 24.6 Å². The van der Waals surface area contributed by atoms with Crippen LogP contribution in [0.3, 0.4) is 0 Å². The number of fused-ring (bicyclic) bond motifs is 5. The van der Waals surface area contributed by atoms with Crippen LogP contribution < -0.4 is 16.1 Å². The average Bonchev–Trinajstić information content (AvgIpc) is 3.85. The van der Waals surface area contributed by atoms with Gasteiger partial charge in [-0.15, -0.1) is 11.8 Å². The second-order valence-electron chi connectivity index (χ2n) is 18.5. The fourth-order valence-electron chi connectivity index (χ4n) is 9.05. The van der Waals surface area contributed by atoms with E-state index in [1.807, 2.05) is 13.1 Å². The molecule has 15 heteroatoms. The maximum absolute atomic E-state index is 14.5. The highest BCUT2D eigenvalue weighted by molar-refractivity contribution is 8.14. The Morgan fingerprint density at radius 2 is 1.89 bits per heavy atom. The van der Waals surface area contributed by atoms with Gasteiger partial charge in [0.15, 0.2) is 0 Å². The predicted molar refractivity (Wildman–Crippen MR) is 239 cm³/mol. The summed E-state index contributed by atoms with van der Waals surface area (Å²) in [6.45, 7) is 19.1. The molecule has 3 N–H and O–H groups in total. The largest absolute Gasteiger partial charge is 0.464 e. The van der Waals surface area contributed by atoms with Crippen LogP contribution in [0.15, 0.2) is 35.5 Å². The van der Waals surface area contributed by atoms with Crippen molar-refractivity contribution in [1.29, 1.82) is 0 Å². The Morgan fingerprint density at radius 3 is 2.59 bits per heavy atom. The fraction of sp³-hybridized carbons (Fsp3) is 0.630. The number of nitrogens with one attached hydrogen (secondary N) is 3. The number of alkyl carbamates (subject to hydrolysis) is 1. The molecule has 0 spiro atoms. The van der Waals surface area contributed by atoms with E-state index in [2.05, 4.69) is 72.6 Å². The number of cyclic esters (lactones) is 1. The summed E-state index contributed by atoms with van der Waals surface area (Å²) in [5.74, 6) is 0.152. The maximum Gasteiger partial charge on any atom is 0.408 e. The minimum absolute atomic E-state index is 0.159. The van der Waals surface area contributed by atoms with E-state index >= 15 is 0 Å². The molecule has 4 aliphatic rings. The molecule has 3 aromatic rings. The van der Waals surface area contributed by atoms with E-state index in [0.717, 1.165) is 71.5 Å². The molecule has 0 aliphatic carbocycles. The van der Waals surface area contributed by atoms with Gasteiger partial charge in [0.05, 0.1) is 30.1 Å². The van der Waals surface area contributed by atoms with Crippen molar-refractivity contribution in [2.75, 3.05) is 45.7 Å². The number of rotatable bonds is 8. The van der Waals surface area contributed by atoms with Crippen molar-refractivity contribution in [3.05, 3.63) is 52.8 Å². The lowest BCUT2D eigenvalue weighted by Crippen LogP contribution is -2.63. The third-order valence-electron chi connectivity index (χ3n) is 12.1. The molecule has 332 valence electrons. The van der Waals surface area contributed by atoms with Crippen molar-refractivity contribution in [2.24, 2.45) is 10.4 Å². The summed E-state index contributed by atoms with van der Waals surface area (Å²) in [4.78, 5) is 52.2. The van der Waals surface area contributed by atoms with Crippen molar-refractivity contribution in [3.8, 4) is 11.3 Å². The number of amides is 2. The first-order valence-corrected chi connectivity index (χ1v) is 23.0. The molecule has 4 aliphatic heterocycles. The third-order valence-corrected chi connectivity index (χ3v) is 13.3. The summed E-state index contributed by atoms with van der Waals surface area (Å²) in [6, 6.07) is 6.80. The summed E-state index contributed by atoms with van der Waals surface area (Å²) < 4.78 is 26.5. The van der Waals surface area contributed by atoms with Gasteiger partial charge in [0.1, 0.15) is 28.8 Å². The molecule has 2 saturated heterocycles. The van der Waals surface area contributed by atoms with Crippen molar-refractivity contribution >= 4 is 45.7 Å². The Labute approximate surface area is 364 Å². The van der Waals surface area contributed by atoms with Gasteiger partial charge in [-0.25, -0.2) is 10.2 Å². The molecule has 1 aromatic carbocycles. The molecule has 6 heterocycles. The van der Waals surface area contributed by atoms with Gasteiger partial charge in [-0.05, 0) is 128 Å². The quantitative estimate of drug-likeness (QED) is 0.200. The zero-order chi connectivity index (χ0) is 43.6. The molecule has 14 nitrogen and oxygen atoms in total. The van der Waals surface area contributed by atoms with Crippen molar-refractivity contribution in [2.45, 2.75) is 136 Å². The smallest absolute Gasteiger partial charge is 0.408 e. The van der Waals surface area contributed by atoms with Gasteiger partial charge < -0.3 is 34.1 Å². The first-order valence-electron chi connectivity index (χ1n) is 22.1. The van der Waals surface area contributed by atoms with Crippen LogP contribution in [0.1, 0.15) is 122 Å². The lowest BCUT2D eigenvalue weighted by molar-refractivity contribution is -0.155. The minimum Gasteiger partial charge on any atom is -0.464 e. The highest BCUT2D eigenvalue weighted by atomic mass is 32.2. The van der Waals surface area contributed by atoms with Crippen LogP contribution in [0.4, 0.5) is 4.79 Å². The number of carbonyl (C=O) groups excluding carboxylic acids is 3. The molecule has 6 bridgehead atoms. The Hall–Kier alpha value is -4.02. The number of ether oxygens (including phenoxy) is 4.